The zero-order chi connectivity index (χ0) is 15.1. The summed E-state index contributed by atoms with van der Waals surface area (Å²) in [6.45, 7) is 0.384. The lowest BCUT2D eigenvalue weighted by Gasteiger charge is -2.43. The summed E-state index contributed by atoms with van der Waals surface area (Å²) in [6.07, 6.45) is 2.13. The number of aliphatic hydroxyl groups excluding tert-OH is 1. The van der Waals surface area contributed by atoms with Gasteiger partial charge in [0.2, 0.25) is 0 Å². The molecule has 116 valence electrons. The molecule has 0 aromatic heterocycles. The first-order valence-corrected chi connectivity index (χ1v) is 8.46. The minimum absolute atomic E-state index is 0.0982. The van der Waals surface area contributed by atoms with Crippen LogP contribution in [0.5, 0.6) is 0 Å². The third-order valence-electron chi connectivity index (χ3n) is 4.19. The molecule has 1 aliphatic rings. The zero-order valence-corrected chi connectivity index (χ0v) is 13.3. The number of hydrogen-bond donors (Lipinski definition) is 1. The largest absolute Gasteiger partial charge is 0.445 e. The van der Waals surface area contributed by atoms with Gasteiger partial charge in [-0.05, 0) is 36.3 Å². The van der Waals surface area contributed by atoms with Crippen LogP contribution in [-0.4, -0.2) is 46.8 Å². The summed E-state index contributed by atoms with van der Waals surface area (Å²) in [5.74, 6) is 2.05. The summed E-state index contributed by atoms with van der Waals surface area (Å²) in [7, 11) is 1.79. The highest BCUT2D eigenvalue weighted by Gasteiger charge is 2.39. The van der Waals surface area contributed by atoms with Crippen LogP contribution in [0.25, 0.3) is 0 Å². The topological polar surface area (TPSA) is 49.8 Å². The first-order chi connectivity index (χ1) is 10.2. The van der Waals surface area contributed by atoms with Crippen LogP contribution in [0.15, 0.2) is 30.3 Å². The second-order valence-electron chi connectivity index (χ2n) is 5.41. The number of carbonyl (C=O) groups is 1. The number of hydrogen-bond acceptors (Lipinski definition) is 4. The molecular weight excluding hydrogens is 286 g/mol. The van der Waals surface area contributed by atoms with E-state index in [4.69, 9.17) is 4.74 Å². The summed E-state index contributed by atoms with van der Waals surface area (Å²) >= 11 is 1.90. The van der Waals surface area contributed by atoms with Gasteiger partial charge in [0.1, 0.15) is 6.61 Å². The van der Waals surface area contributed by atoms with E-state index in [-0.39, 0.29) is 24.8 Å². The number of carbonyl (C=O) groups excluding carboxylic acids is 1. The maximum Gasteiger partial charge on any atom is 0.410 e. The zero-order valence-electron chi connectivity index (χ0n) is 12.5. The Morgan fingerprint density at radius 3 is 2.62 bits per heavy atom. The van der Waals surface area contributed by atoms with Gasteiger partial charge in [-0.2, -0.15) is 11.8 Å². The molecule has 1 aromatic carbocycles. The molecule has 1 N–H and O–H groups in total. The summed E-state index contributed by atoms with van der Waals surface area (Å²) in [6, 6.07) is 9.67. The maximum atomic E-state index is 12.3. The van der Waals surface area contributed by atoms with Crippen molar-refractivity contribution in [2.45, 2.75) is 31.4 Å². The molecule has 1 fully saturated rings. The number of thioether (sulfide) groups is 1. The molecule has 0 spiro atoms. The van der Waals surface area contributed by atoms with Crippen molar-refractivity contribution in [2.24, 2.45) is 0 Å². The summed E-state index contributed by atoms with van der Waals surface area (Å²) in [5, 5.41) is 9.34. The van der Waals surface area contributed by atoms with Crippen LogP contribution in [0.1, 0.15) is 24.8 Å². The Bertz CT molecular complexity index is 441. The van der Waals surface area contributed by atoms with Crippen molar-refractivity contribution in [3.05, 3.63) is 35.9 Å². The number of benzene rings is 1. The van der Waals surface area contributed by atoms with Gasteiger partial charge >= 0.3 is 6.09 Å². The Balaban J connectivity index is 1.96. The Morgan fingerprint density at radius 1 is 1.33 bits per heavy atom. The average molecular weight is 309 g/mol. The monoisotopic (exact) mass is 309 g/mol. The molecule has 2 rings (SSSR count). The van der Waals surface area contributed by atoms with Crippen LogP contribution >= 0.6 is 11.8 Å². The van der Waals surface area contributed by atoms with Crippen molar-refractivity contribution >= 4 is 17.9 Å². The summed E-state index contributed by atoms with van der Waals surface area (Å²) in [4.78, 5) is 14.0. The van der Waals surface area contributed by atoms with Gasteiger partial charge in [-0.25, -0.2) is 4.79 Å². The highest BCUT2D eigenvalue weighted by molar-refractivity contribution is 7.99. The lowest BCUT2D eigenvalue weighted by atomic mass is 9.87. The van der Waals surface area contributed by atoms with Gasteiger partial charge in [-0.15, -0.1) is 0 Å². The van der Waals surface area contributed by atoms with Crippen LogP contribution in [0, 0.1) is 0 Å². The maximum absolute atomic E-state index is 12.3. The molecule has 1 aromatic rings. The van der Waals surface area contributed by atoms with Crippen molar-refractivity contribution in [3.63, 3.8) is 0 Å². The van der Waals surface area contributed by atoms with Gasteiger partial charge in [0, 0.05) is 19.2 Å². The standard InChI is InChI=1S/C16H23NO3S/c1-17(16(7-10-18)8-11-21-12-9-16)15(19)20-13-14-5-3-2-4-6-14/h2-6,18H,7-13H2,1H3. The molecule has 1 aliphatic heterocycles. The average Bonchev–Trinajstić information content (AvgIpc) is 2.54. The van der Waals surface area contributed by atoms with E-state index >= 15 is 0 Å². The van der Waals surface area contributed by atoms with Gasteiger partial charge < -0.3 is 14.7 Å². The molecule has 0 bridgehead atoms. The van der Waals surface area contributed by atoms with Crippen LogP contribution < -0.4 is 0 Å². The van der Waals surface area contributed by atoms with Crippen molar-refractivity contribution in [2.75, 3.05) is 25.2 Å². The van der Waals surface area contributed by atoms with Crippen molar-refractivity contribution < 1.29 is 14.6 Å². The second-order valence-corrected chi connectivity index (χ2v) is 6.63. The van der Waals surface area contributed by atoms with E-state index in [1.54, 1.807) is 11.9 Å². The van der Waals surface area contributed by atoms with E-state index < -0.39 is 0 Å². The fourth-order valence-corrected chi connectivity index (χ4v) is 3.98. The van der Waals surface area contributed by atoms with Gasteiger partial charge in [0.05, 0.1) is 0 Å². The van der Waals surface area contributed by atoms with Crippen molar-refractivity contribution in [1.29, 1.82) is 0 Å². The highest BCUT2D eigenvalue weighted by Crippen LogP contribution is 2.34. The number of rotatable bonds is 5. The second kappa shape index (κ2) is 7.71. The number of nitrogens with zero attached hydrogens (tertiary/aromatic N) is 1. The summed E-state index contributed by atoms with van der Waals surface area (Å²) < 4.78 is 5.41. The molecule has 1 heterocycles. The Kier molecular flexibility index (Phi) is 5.94. The van der Waals surface area contributed by atoms with Crippen molar-refractivity contribution in [3.8, 4) is 0 Å². The smallest absolute Gasteiger partial charge is 0.410 e. The molecular formula is C16H23NO3S. The molecule has 1 amide bonds. The predicted molar refractivity (Wildman–Crippen MR) is 85.4 cm³/mol. The van der Waals surface area contributed by atoms with Crippen LogP contribution in [0.2, 0.25) is 0 Å². The molecule has 5 heteroatoms. The SMILES string of the molecule is CN(C(=O)OCc1ccccc1)C1(CCO)CCSCC1. The van der Waals surface area contributed by atoms with Crippen LogP contribution in [0.3, 0.4) is 0 Å². The summed E-state index contributed by atoms with van der Waals surface area (Å²) in [5.41, 5.74) is 0.725. The van der Waals surface area contributed by atoms with Crippen LogP contribution in [-0.2, 0) is 11.3 Å². The Labute approximate surface area is 130 Å². The van der Waals surface area contributed by atoms with E-state index in [9.17, 15) is 9.90 Å². The fraction of sp³-hybridized carbons (Fsp3) is 0.562. The molecule has 0 atom stereocenters. The third-order valence-corrected chi connectivity index (χ3v) is 5.18. The predicted octanol–water partition coefficient (Wildman–Crippen LogP) is 2.90. The van der Waals surface area contributed by atoms with Gasteiger partial charge in [0.25, 0.3) is 0 Å². The van der Waals surface area contributed by atoms with E-state index in [2.05, 4.69) is 0 Å². The third kappa shape index (κ3) is 4.14. The number of amides is 1. The lowest BCUT2D eigenvalue weighted by molar-refractivity contribution is 0.0421. The van der Waals surface area contributed by atoms with Crippen molar-refractivity contribution in [1.82, 2.24) is 4.90 Å². The molecule has 4 nitrogen and oxygen atoms in total. The fourth-order valence-electron chi connectivity index (χ4n) is 2.72. The molecule has 0 aliphatic carbocycles. The first kappa shape index (κ1) is 16.2. The normalized spacial score (nSPS) is 17.2. The van der Waals surface area contributed by atoms with E-state index in [0.717, 1.165) is 29.9 Å². The quantitative estimate of drug-likeness (QED) is 0.908. The molecule has 1 saturated heterocycles. The van der Waals surface area contributed by atoms with E-state index in [1.165, 1.54) is 0 Å². The van der Waals surface area contributed by atoms with Gasteiger partial charge in [-0.3, -0.25) is 0 Å². The lowest BCUT2D eigenvalue weighted by Crippen LogP contribution is -2.52. The number of aliphatic hydroxyl groups is 1. The first-order valence-electron chi connectivity index (χ1n) is 7.31. The van der Waals surface area contributed by atoms with Crippen LogP contribution in [0.4, 0.5) is 4.79 Å². The Morgan fingerprint density at radius 2 is 2.00 bits per heavy atom. The molecule has 21 heavy (non-hydrogen) atoms. The minimum Gasteiger partial charge on any atom is -0.445 e. The molecule has 0 unspecified atom stereocenters. The van der Waals surface area contributed by atoms with Gasteiger partial charge in [-0.1, -0.05) is 30.3 Å². The Hall–Kier alpha value is -1.20. The highest BCUT2D eigenvalue weighted by atomic mass is 32.2. The minimum atomic E-state index is -0.306. The van der Waals surface area contributed by atoms with Gasteiger partial charge in [0.15, 0.2) is 0 Å². The molecule has 0 radical (unpaired) electrons. The molecule has 0 saturated carbocycles. The van der Waals surface area contributed by atoms with E-state index in [1.807, 2.05) is 42.1 Å². The van der Waals surface area contributed by atoms with E-state index in [0.29, 0.717) is 6.42 Å². The number of ether oxygens (including phenoxy) is 1.